The largest absolute Gasteiger partial charge is 0.441 e. The summed E-state index contributed by atoms with van der Waals surface area (Å²) in [4.78, 5) is 4.29. The number of aliphatic hydroxyl groups excluding tert-OH is 1. The predicted octanol–water partition coefficient (Wildman–Crippen LogP) is 3.10. The summed E-state index contributed by atoms with van der Waals surface area (Å²) in [6.45, 7) is 2.83. The van der Waals surface area contributed by atoms with Gasteiger partial charge in [0.1, 0.15) is 5.52 Å². The molecule has 1 aromatic carbocycles. The summed E-state index contributed by atoms with van der Waals surface area (Å²) in [5.74, 6) is 1.36. The minimum Gasteiger partial charge on any atom is -0.441 e. The number of hydrogen-bond acceptors (Lipinski definition) is 4. The van der Waals surface area contributed by atoms with E-state index in [2.05, 4.69) is 10.3 Å². The van der Waals surface area contributed by atoms with Crippen molar-refractivity contribution >= 4 is 16.8 Å². The maximum absolute atomic E-state index is 9.49. The van der Waals surface area contributed by atoms with E-state index < -0.39 is 0 Å². The van der Waals surface area contributed by atoms with Crippen molar-refractivity contribution in [2.24, 2.45) is 5.92 Å². The predicted molar refractivity (Wildman–Crippen MR) is 75.2 cm³/mol. The van der Waals surface area contributed by atoms with E-state index in [1.807, 2.05) is 25.1 Å². The lowest BCUT2D eigenvalue weighted by atomic mass is 9.87. The highest BCUT2D eigenvalue weighted by Crippen LogP contribution is 2.25. The van der Waals surface area contributed by atoms with Crippen molar-refractivity contribution in [1.29, 1.82) is 0 Å². The fourth-order valence-corrected chi connectivity index (χ4v) is 2.76. The summed E-state index contributed by atoms with van der Waals surface area (Å²) in [5.41, 5.74) is 2.82. The quantitative estimate of drug-likeness (QED) is 0.890. The summed E-state index contributed by atoms with van der Waals surface area (Å²) in [7, 11) is 0. The van der Waals surface area contributed by atoms with Gasteiger partial charge in [0.05, 0.1) is 6.10 Å². The molecular weight excluding hydrogens is 240 g/mol. The lowest BCUT2D eigenvalue weighted by Crippen LogP contribution is -2.23. The highest BCUT2D eigenvalue weighted by Gasteiger charge is 2.18. The molecule has 0 unspecified atom stereocenters. The van der Waals surface area contributed by atoms with Crippen LogP contribution in [-0.2, 0) is 0 Å². The Morgan fingerprint density at radius 1 is 1.32 bits per heavy atom. The summed E-state index contributed by atoms with van der Waals surface area (Å²) >= 11 is 0. The molecule has 2 aromatic rings. The highest BCUT2D eigenvalue weighted by molar-refractivity contribution is 5.77. The lowest BCUT2D eigenvalue weighted by molar-refractivity contribution is 0.111. The fraction of sp³-hybridized carbons (Fsp3) is 0.533. The average Bonchev–Trinajstić information content (AvgIpc) is 2.77. The van der Waals surface area contributed by atoms with Gasteiger partial charge >= 0.3 is 0 Å². The van der Waals surface area contributed by atoms with Gasteiger partial charge in [-0.25, -0.2) is 4.98 Å². The highest BCUT2D eigenvalue weighted by atomic mass is 16.3. The Morgan fingerprint density at radius 2 is 2.11 bits per heavy atom. The van der Waals surface area contributed by atoms with Crippen LogP contribution in [0.4, 0.5) is 5.69 Å². The third-order valence-electron chi connectivity index (χ3n) is 3.91. The van der Waals surface area contributed by atoms with Crippen molar-refractivity contribution in [3.05, 3.63) is 24.1 Å². The zero-order chi connectivity index (χ0) is 13.2. The third kappa shape index (κ3) is 2.89. The van der Waals surface area contributed by atoms with Crippen molar-refractivity contribution in [3.63, 3.8) is 0 Å². The molecule has 1 saturated carbocycles. The molecule has 0 spiro atoms. The van der Waals surface area contributed by atoms with E-state index in [1.54, 1.807) is 0 Å². The molecule has 0 radical (unpaired) electrons. The summed E-state index contributed by atoms with van der Waals surface area (Å²) in [5, 5.41) is 13.0. The molecule has 1 heterocycles. The SMILES string of the molecule is Cc1nc2ccc(NCC3CCC(O)CC3)cc2o1. The van der Waals surface area contributed by atoms with Gasteiger partial charge in [-0.15, -0.1) is 0 Å². The van der Waals surface area contributed by atoms with Gasteiger partial charge in [0.25, 0.3) is 0 Å². The third-order valence-corrected chi connectivity index (χ3v) is 3.91. The first-order chi connectivity index (χ1) is 9.20. The molecule has 4 nitrogen and oxygen atoms in total. The van der Waals surface area contributed by atoms with Gasteiger partial charge in [0.15, 0.2) is 11.5 Å². The molecule has 2 N–H and O–H groups in total. The van der Waals surface area contributed by atoms with Crippen molar-refractivity contribution in [3.8, 4) is 0 Å². The number of nitrogens with zero attached hydrogens (tertiary/aromatic N) is 1. The van der Waals surface area contributed by atoms with Crippen LogP contribution < -0.4 is 5.32 Å². The Kier molecular flexibility index (Phi) is 3.42. The molecular formula is C15H20N2O2. The second kappa shape index (κ2) is 5.21. The molecule has 1 aliphatic rings. The zero-order valence-corrected chi connectivity index (χ0v) is 11.2. The second-order valence-corrected chi connectivity index (χ2v) is 5.47. The van der Waals surface area contributed by atoms with Crippen molar-refractivity contribution in [2.75, 3.05) is 11.9 Å². The molecule has 1 fully saturated rings. The van der Waals surface area contributed by atoms with Crippen LogP contribution in [-0.4, -0.2) is 22.7 Å². The van der Waals surface area contributed by atoms with Crippen LogP contribution in [0.3, 0.4) is 0 Å². The van der Waals surface area contributed by atoms with Crippen molar-refractivity contribution in [2.45, 2.75) is 38.7 Å². The van der Waals surface area contributed by atoms with Gasteiger partial charge in [-0.05, 0) is 43.7 Å². The number of benzene rings is 1. The van der Waals surface area contributed by atoms with Crippen molar-refractivity contribution in [1.82, 2.24) is 4.98 Å². The smallest absolute Gasteiger partial charge is 0.192 e. The average molecular weight is 260 g/mol. The van der Waals surface area contributed by atoms with E-state index >= 15 is 0 Å². The van der Waals surface area contributed by atoms with E-state index in [1.165, 1.54) is 0 Å². The number of anilines is 1. The van der Waals surface area contributed by atoms with Crippen LogP contribution in [0.1, 0.15) is 31.6 Å². The number of hydrogen-bond donors (Lipinski definition) is 2. The Bertz CT molecular complexity index is 556. The van der Waals surface area contributed by atoms with E-state index in [4.69, 9.17) is 4.42 Å². The molecule has 0 atom stereocenters. The monoisotopic (exact) mass is 260 g/mol. The normalized spacial score (nSPS) is 23.7. The van der Waals surface area contributed by atoms with E-state index in [0.29, 0.717) is 11.8 Å². The van der Waals surface area contributed by atoms with Gasteiger partial charge in [-0.1, -0.05) is 0 Å². The molecule has 1 aliphatic carbocycles. The Hall–Kier alpha value is -1.55. The first kappa shape index (κ1) is 12.5. The molecule has 1 aromatic heterocycles. The molecule has 0 aliphatic heterocycles. The number of fused-ring (bicyclic) bond motifs is 1. The van der Waals surface area contributed by atoms with Gasteiger partial charge in [-0.3, -0.25) is 0 Å². The Labute approximate surface area is 112 Å². The first-order valence-corrected chi connectivity index (χ1v) is 7.00. The van der Waals surface area contributed by atoms with E-state index in [-0.39, 0.29) is 6.10 Å². The van der Waals surface area contributed by atoms with Crippen LogP contribution in [0, 0.1) is 12.8 Å². The number of nitrogens with one attached hydrogen (secondary N) is 1. The molecule has 0 amide bonds. The number of aromatic nitrogens is 1. The van der Waals surface area contributed by atoms with Crippen LogP contribution in [0.5, 0.6) is 0 Å². The molecule has 4 heteroatoms. The maximum Gasteiger partial charge on any atom is 0.192 e. The van der Waals surface area contributed by atoms with Crippen LogP contribution in [0.15, 0.2) is 22.6 Å². The number of oxazole rings is 1. The van der Waals surface area contributed by atoms with Crippen molar-refractivity contribution < 1.29 is 9.52 Å². The second-order valence-electron chi connectivity index (χ2n) is 5.47. The molecule has 19 heavy (non-hydrogen) atoms. The number of aryl methyl sites for hydroxylation is 1. The van der Waals surface area contributed by atoms with Crippen LogP contribution >= 0.6 is 0 Å². The van der Waals surface area contributed by atoms with Gasteiger partial charge in [0, 0.05) is 25.2 Å². The number of rotatable bonds is 3. The maximum atomic E-state index is 9.49. The lowest BCUT2D eigenvalue weighted by Gasteiger charge is -2.25. The molecule has 0 saturated heterocycles. The fourth-order valence-electron chi connectivity index (χ4n) is 2.76. The molecule has 102 valence electrons. The standard InChI is InChI=1S/C15H20N2O2/c1-10-17-14-7-4-12(8-15(14)19-10)16-9-11-2-5-13(18)6-3-11/h4,7-8,11,13,16,18H,2-3,5-6,9H2,1H3. The van der Waals surface area contributed by atoms with E-state index in [9.17, 15) is 5.11 Å². The number of aliphatic hydroxyl groups is 1. The molecule has 0 bridgehead atoms. The Morgan fingerprint density at radius 3 is 2.89 bits per heavy atom. The van der Waals surface area contributed by atoms with Gasteiger partial charge in [0.2, 0.25) is 0 Å². The Balaban J connectivity index is 1.61. The topological polar surface area (TPSA) is 58.3 Å². The summed E-state index contributed by atoms with van der Waals surface area (Å²) in [6, 6.07) is 6.04. The summed E-state index contributed by atoms with van der Waals surface area (Å²) in [6.07, 6.45) is 4.01. The van der Waals surface area contributed by atoms with Gasteiger partial charge < -0.3 is 14.8 Å². The molecule has 3 rings (SSSR count). The summed E-state index contributed by atoms with van der Waals surface area (Å²) < 4.78 is 5.53. The first-order valence-electron chi connectivity index (χ1n) is 7.00. The minimum atomic E-state index is -0.0789. The van der Waals surface area contributed by atoms with E-state index in [0.717, 1.165) is 49.0 Å². The van der Waals surface area contributed by atoms with Crippen LogP contribution in [0.2, 0.25) is 0 Å². The van der Waals surface area contributed by atoms with Gasteiger partial charge in [-0.2, -0.15) is 0 Å². The zero-order valence-electron chi connectivity index (χ0n) is 11.2. The van der Waals surface area contributed by atoms with Crippen LogP contribution in [0.25, 0.3) is 11.1 Å². The minimum absolute atomic E-state index is 0.0789.